The average molecular weight is 237 g/mol. The molecule has 0 spiro atoms. The van der Waals surface area contributed by atoms with Gasteiger partial charge in [-0.1, -0.05) is 13.8 Å². The lowest BCUT2D eigenvalue weighted by Gasteiger charge is -2.18. The Morgan fingerprint density at radius 2 is 1.93 bits per heavy atom. The van der Waals surface area contributed by atoms with Crippen LogP contribution in [0, 0.1) is 5.92 Å². The molecule has 0 saturated heterocycles. The maximum atomic E-state index is 11.5. The van der Waals surface area contributed by atoms with E-state index >= 15 is 0 Å². The molecule has 0 bridgehead atoms. The normalized spacial score (nSPS) is 17.6. The highest BCUT2D eigenvalue weighted by molar-refractivity contribution is 7.84. The summed E-state index contributed by atoms with van der Waals surface area (Å²) in [6.45, 7) is 5.74. The first-order valence-electron chi connectivity index (χ1n) is 4.63. The van der Waals surface area contributed by atoms with Crippen molar-refractivity contribution in [3.63, 3.8) is 0 Å². The molecule has 1 amide bonds. The fourth-order valence-electron chi connectivity index (χ4n) is 1.02. The van der Waals surface area contributed by atoms with Crippen molar-refractivity contribution in [1.29, 1.82) is 0 Å². The minimum absolute atomic E-state index is 0.0540. The summed E-state index contributed by atoms with van der Waals surface area (Å²) >= 11 is 4.20. The second kappa shape index (κ2) is 6.45. The van der Waals surface area contributed by atoms with Crippen molar-refractivity contribution < 1.29 is 9.00 Å². The van der Waals surface area contributed by atoms with E-state index < -0.39 is 10.8 Å². The molecule has 1 N–H and O–H groups in total. The molecular weight excluding hydrogens is 218 g/mol. The SMILES string of the molecule is CC(CS(C)=O)NC(=O)C(S)C(C)C. The van der Waals surface area contributed by atoms with E-state index in [1.165, 1.54) is 0 Å². The van der Waals surface area contributed by atoms with Crippen LogP contribution in [0.25, 0.3) is 0 Å². The highest BCUT2D eigenvalue weighted by Crippen LogP contribution is 2.08. The van der Waals surface area contributed by atoms with Gasteiger partial charge in [0.05, 0.1) is 5.25 Å². The molecule has 0 aliphatic heterocycles. The summed E-state index contributed by atoms with van der Waals surface area (Å²) in [5.74, 6) is 0.614. The predicted molar refractivity (Wildman–Crippen MR) is 64.2 cm³/mol. The molecule has 0 rings (SSSR count). The number of rotatable bonds is 5. The van der Waals surface area contributed by atoms with Crippen LogP contribution < -0.4 is 5.32 Å². The third-order valence-corrected chi connectivity index (χ3v) is 3.57. The van der Waals surface area contributed by atoms with Gasteiger partial charge in [0.15, 0.2) is 0 Å². The smallest absolute Gasteiger partial charge is 0.233 e. The lowest BCUT2D eigenvalue weighted by atomic mass is 10.1. The maximum Gasteiger partial charge on any atom is 0.233 e. The Balaban J connectivity index is 3.99. The predicted octanol–water partition coefficient (Wildman–Crippen LogP) is 0.824. The number of thiol groups is 1. The van der Waals surface area contributed by atoms with E-state index in [9.17, 15) is 9.00 Å². The van der Waals surface area contributed by atoms with Crippen LogP contribution in [0.3, 0.4) is 0 Å². The van der Waals surface area contributed by atoms with E-state index in [1.54, 1.807) is 6.26 Å². The summed E-state index contributed by atoms with van der Waals surface area (Å²) in [7, 11) is -0.876. The standard InChI is InChI=1S/C9H19NO2S2/c1-6(2)8(13)9(11)10-7(3)5-14(4)12/h6-8,13H,5H2,1-4H3,(H,10,11). The van der Waals surface area contributed by atoms with Gasteiger partial charge in [-0.2, -0.15) is 12.6 Å². The molecule has 5 heteroatoms. The lowest BCUT2D eigenvalue weighted by Crippen LogP contribution is -2.42. The zero-order valence-corrected chi connectivity index (χ0v) is 10.8. The number of amides is 1. The molecule has 0 aromatic carbocycles. The summed E-state index contributed by atoms with van der Waals surface area (Å²) in [4.78, 5) is 11.5. The van der Waals surface area contributed by atoms with Gasteiger partial charge in [-0.15, -0.1) is 0 Å². The fourth-order valence-corrected chi connectivity index (χ4v) is 1.89. The molecule has 3 unspecified atom stereocenters. The molecule has 3 atom stereocenters. The summed E-state index contributed by atoms with van der Waals surface area (Å²) < 4.78 is 10.9. The maximum absolute atomic E-state index is 11.5. The van der Waals surface area contributed by atoms with E-state index in [2.05, 4.69) is 17.9 Å². The van der Waals surface area contributed by atoms with Crippen LogP contribution in [0.4, 0.5) is 0 Å². The average Bonchev–Trinajstić information content (AvgIpc) is 2.00. The van der Waals surface area contributed by atoms with Crippen LogP contribution in [0.1, 0.15) is 20.8 Å². The van der Waals surface area contributed by atoms with Gasteiger partial charge >= 0.3 is 0 Å². The van der Waals surface area contributed by atoms with Gasteiger partial charge in [0.2, 0.25) is 5.91 Å². The molecule has 0 aromatic heterocycles. The molecule has 0 aromatic rings. The Morgan fingerprint density at radius 3 is 2.29 bits per heavy atom. The molecule has 14 heavy (non-hydrogen) atoms. The highest BCUT2D eigenvalue weighted by atomic mass is 32.2. The Bertz CT molecular complexity index is 219. The minimum atomic E-state index is -0.876. The van der Waals surface area contributed by atoms with E-state index in [1.807, 2.05) is 20.8 Å². The molecular formula is C9H19NO2S2. The van der Waals surface area contributed by atoms with Crippen molar-refractivity contribution in [3.8, 4) is 0 Å². The van der Waals surface area contributed by atoms with Crippen LogP contribution in [-0.4, -0.2) is 33.4 Å². The van der Waals surface area contributed by atoms with E-state index in [0.717, 1.165) is 0 Å². The molecule has 0 heterocycles. The first-order chi connectivity index (χ1) is 6.34. The molecule has 0 fully saturated rings. The molecule has 0 radical (unpaired) electrons. The third kappa shape index (κ3) is 5.65. The van der Waals surface area contributed by atoms with Gasteiger partial charge in [0, 0.05) is 28.9 Å². The van der Waals surface area contributed by atoms with Crippen molar-refractivity contribution in [2.24, 2.45) is 5.92 Å². The van der Waals surface area contributed by atoms with E-state index in [0.29, 0.717) is 5.75 Å². The minimum Gasteiger partial charge on any atom is -0.352 e. The molecule has 0 saturated carbocycles. The Hall–Kier alpha value is -0.0300. The molecule has 0 aliphatic rings. The van der Waals surface area contributed by atoms with Gasteiger partial charge in [-0.25, -0.2) is 0 Å². The Kier molecular flexibility index (Phi) is 6.44. The summed E-state index contributed by atoms with van der Waals surface area (Å²) in [5, 5.41) is 2.49. The van der Waals surface area contributed by atoms with Gasteiger partial charge in [0.25, 0.3) is 0 Å². The first kappa shape index (κ1) is 14.0. The number of hydrogen-bond donors (Lipinski definition) is 2. The second-order valence-electron chi connectivity index (χ2n) is 3.84. The Labute approximate surface area is 93.9 Å². The van der Waals surface area contributed by atoms with Gasteiger partial charge < -0.3 is 5.32 Å². The molecule has 3 nitrogen and oxygen atoms in total. The van der Waals surface area contributed by atoms with Crippen LogP contribution in [0.5, 0.6) is 0 Å². The van der Waals surface area contributed by atoms with Gasteiger partial charge in [0.1, 0.15) is 0 Å². The van der Waals surface area contributed by atoms with E-state index in [4.69, 9.17) is 0 Å². The summed E-state index contributed by atoms with van der Waals surface area (Å²) in [6.07, 6.45) is 1.63. The van der Waals surface area contributed by atoms with Crippen molar-refractivity contribution in [2.75, 3.05) is 12.0 Å². The zero-order chi connectivity index (χ0) is 11.3. The monoisotopic (exact) mass is 237 g/mol. The lowest BCUT2D eigenvalue weighted by molar-refractivity contribution is -0.121. The topological polar surface area (TPSA) is 46.2 Å². The summed E-state index contributed by atoms with van der Waals surface area (Å²) in [5.41, 5.74) is 0. The molecule has 0 aliphatic carbocycles. The number of carbonyl (C=O) groups excluding carboxylic acids is 1. The summed E-state index contributed by atoms with van der Waals surface area (Å²) in [6, 6.07) is -0.0540. The van der Waals surface area contributed by atoms with Crippen molar-refractivity contribution in [1.82, 2.24) is 5.32 Å². The third-order valence-electron chi connectivity index (χ3n) is 1.77. The highest BCUT2D eigenvalue weighted by Gasteiger charge is 2.19. The fraction of sp³-hybridized carbons (Fsp3) is 0.889. The largest absolute Gasteiger partial charge is 0.352 e. The van der Waals surface area contributed by atoms with Crippen molar-refractivity contribution in [2.45, 2.75) is 32.1 Å². The zero-order valence-electron chi connectivity index (χ0n) is 9.11. The molecule has 84 valence electrons. The first-order valence-corrected chi connectivity index (χ1v) is 6.87. The van der Waals surface area contributed by atoms with E-state index in [-0.39, 0.29) is 23.1 Å². The van der Waals surface area contributed by atoms with Gasteiger partial charge in [-0.05, 0) is 12.8 Å². The quantitative estimate of drug-likeness (QED) is 0.696. The Morgan fingerprint density at radius 1 is 1.43 bits per heavy atom. The number of nitrogens with one attached hydrogen (secondary N) is 1. The van der Waals surface area contributed by atoms with Crippen LogP contribution in [0.2, 0.25) is 0 Å². The van der Waals surface area contributed by atoms with Crippen LogP contribution in [0.15, 0.2) is 0 Å². The number of hydrogen-bond acceptors (Lipinski definition) is 3. The van der Waals surface area contributed by atoms with Crippen LogP contribution in [-0.2, 0) is 15.6 Å². The van der Waals surface area contributed by atoms with Crippen molar-refractivity contribution in [3.05, 3.63) is 0 Å². The van der Waals surface area contributed by atoms with Crippen LogP contribution >= 0.6 is 12.6 Å². The van der Waals surface area contributed by atoms with Crippen molar-refractivity contribution >= 4 is 29.3 Å². The van der Waals surface area contributed by atoms with Gasteiger partial charge in [-0.3, -0.25) is 9.00 Å². The second-order valence-corrected chi connectivity index (χ2v) is 5.87. The number of carbonyl (C=O) groups is 1.